The lowest BCUT2D eigenvalue weighted by Gasteiger charge is -2.13. The van der Waals surface area contributed by atoms with Gasteiger partial charge in [-0.25, -0.2) is 12.8 Å². The number of aromatic nitrogens is 2. The van der Waals surface area contributed by atoms with Crippen molar-refractivity contribution in [2.24, 2.45) is 0 Å². The van der Waals surface area contributed by atoms with Crippen LogP contribution in [-0.2, 0) is 10.0 Å². The summed E-state index contributed by atoms with van der Waals surface area (Å²) in [5.74, 6) is -0.461. The maximum absolute atomic E-state index is 13.3. The Hall–Kier alpha value is -3.52. The highest BCUT2D eigenvalue weighted by atomic mass is 32.2. The number of halogens is 1. The van der Waals surface area contributed by atoms with E-state index < -0.39 is 15.8 Å². The van der Waals surface area contributed by atoms with Gasteiger partial charge in [-0.3, -0.25) is 9.52 Å². The van der Waals surface area contributed by atoms with Crippen LogP contribution in [0.3, 0.4) is 0 Å². The van der Waals surface area contributed by atoms with E-state index in [-0.39, 0.29) is 11.3 Å². The summed E-state index contributed by atoms with van der Waals surface area (Å²) >= 11 is 0. The maximum atomic E-state index is 13.3. The van der Waals surface area contributed by atoms with Gasteiger partial charge < -0.3 is 0 Å². The van der Waals surface area contributed by atoms with Gasteiger partial charge in [-0.2, -0.15) is 9.78 Å². The number of nitrogens with one attached hydrogen (secondary N) is 1. The monoisotopic (exact) mass is 423 g/mol. The predicted octanol–water partition coefficient (Wildman–Crippen LogP) is 3.95. The van der Waals surface area contributed by atoms with Crippen molar-refractivity contribution in [3.63, 3.8) is 0 Å². The molecule has 0 amide bonds. The van der Waals surface area contributed by atoms with Gasteiger partial charge in [0.1, 0.15) is 5.82 Å². The van der Waals surface area contributed by atoms with Crippen LogP contribution in [0.5, 0.6) is 0 Å². The summed E-state index contributed by atoms with van der Waals surface area (Å²) in [5, 5.41) is 5.62. The Balaban J connectivity index is 1.94. The topological polar surface area (TPSA) is 81.1 Å². The van der Waals surface area contributed by atoms with E-state index in [1.165, 1.54) is 28.9 Å². The molecule has 4 aromatic rings. The van der Waals surface area contributed by atoms with Crippen molar-refractivity contribution >= 4 is 26.5 Å². The molecule has 0 aliphatic carbocycles. The van der Waals surface area contributed by atoms with Crippen LogP contribution in [0, 0.1) is 5.82 Å². The van der Waals surface area contributed by atoms with E-state index in [0.717, 1.165) is 0 Å². The molecule has 0 saturated carbocycles. The zero-order chi connectivity index (χ0) is 21.3. The van der Waals surface area contributed by atoms with Crippen LogP contribution >= 0.6 is 0 Å². The van der Waals surface area contributed by atoms with Crippen molar-refractivity contribution in [3.8, 4) is 16.9 Å². The van der Waals surface area contributed by atoms with Gasteiger partial charge in [0.25, 0.3) is 5.56 Å². The van der Waals surface area contributed by atoms with Gasteiger partial charge in [0.05, 0.1) is 22.5 Å². The van der Waals surface area contributed by atoms with Gasteiger partial charge in [-0.1, -0.05) is 30.3 Å². The first-order chi connectivity index (χ1) is 14.4. The third kappa shape index (κ3) is 3.81. The summed E-state index contributed by atoms with van der Waals surface area (Å²) in [6.45, 7) is 1.56. The summed E-state index contributed by atoms with van der Waals surface area (Å²) < 4.78 is 41.0. The zero-order valence-electron chi connectivity index (χ0n) is 16.0. The molecule has 152 valence electrons. The maximum Gasteiger partial charge on any atom is 0.279 e. The van der Waals surface area contributed by atoms with E-state index in [4.69, 9.17) is 0 Å². The Morgan fingerprint density at radius 3 is 2.37 bits per heavy atom. The van der Waals surface area contributed by atoms with E-state index in [2.05, 4.69) is 9.82 Å². The third-order valence-corrected chi connectivity index (χ3v) is 5.97. The smallest absolute Gasteiger partial charge is 0.279 e. The SMILES string of the molecule is CCS(=O)(=O)Nc1cccc(-c2nn(-c3ccc(F)cc3)c(=O)c3ccccc23)c1. The van der Waals surface area contributed by atoms with Crippen LogP contribution in [-0.4, -0.2) is 24.0 Å². The van der Waals surface area contributed by atoms with E-state index >= 15 is 0 Å². The number of anilines is 1. The number of benzene rings is 3. The number of hydrogen-bond donors (Lipinski definition) is 1. The highest BCUT2D eigenvalue weighted by Gasteiger charge is 2.14. The van der Waals surface area contributed by atoms with Gasteiger partial charge in [-0.05, 0) is 49.4 Å². The molecule has 0 atom stereocenters. The second-order valence-corrected chi connectivity index (χ2v) is 8.68. The minimum Gasteiger partial charge on any atom is -0.284 e. The van der Waals surface area contributed by atoms with Crippen molar-refractivity contribution in [2.75, 3.05) is 10.5 Å². The second kappa shape index (κ2) is 7.72. The molecule has 0 saturated heterocycles. The first kappa shape index (κ1) is 19.8. The fourth-order valence-electron chi connectivity index (χ4n) is 3.14. The number of sulfonamides is 1. The lowest BCUT2D eigenvalue weighted by Crippen LogP contribution is -2.22. The Morgan fingerprint density at radius 1 is 0.967 bits per heavy atom. The fourth-order valence-corrected chi connectivity index (χ4v) is 3.77. The predicted molar refractivity (Wildman–Crippen MR) is 116 cm³/mol. The fraction of sp³-hybridized carbons (Fsp3) is 0.0909. The van der Waals surface area contributed by atoms with Gasteiger partial charge in [-0.15, -0.1) is 0 Å². The molecule has 8 heteroatoms. The zero-order valence-corrected chi connectivity index (χ0v) is 16.9. The summed E-state index contributed by atoms with van der Waals surface area (Å²) in [6.07, 6.45) is 0. The highest BCUT2D eigenvalue weighted by Crippen LogP contribution is 2.27. The van der Waals surface area contributed by atoms with Crippen molar-refractivity contribution in [3.05, 3.63) is 89.0 Å². The molecule has 0 unspecified atom stereocenters. The van der Waals surface area contributed by atoms with Crippen LogP contribution in [0.25, 0.3) is 27.7 Å². The van der Waals surface area contributed by atoms with Crippen molar-refractivity contribution < 1.29 is 12.8 Å². The van der Waals surface area contributed by atoms with Gasteiger partial charge in [0, 0.05) is 16.6 Å². The standard InChI is InChI=1S/C22H18FN3O3S/c1-2-30(28,29)25-17-7-5-6-15(14-17)21-19-8-3-4-9-20(19)22(27)26(24-21)18-12-10-16(23)11-13-18/h3-14,25H,2H2,1H3. The summed E-state index contributed by atoms with van der Waals surface area (Å²) in [7, 11) is -3.44. The molecule has 0 bridgehead atoms. The lowest BCUT2D eigenvalue weighted by atomic mass is 10.0. The molecule has 30 heavy (non-hydrogen) atoms. The van der Waals surface area contributed by atoms with Gasteiger partial charge >= 0.3 is 0 Å². The van der Waals surface area contributed by atoms with E-state index in [0.29, 0.717) is 33.4 Å². The molecule has 0 aliphatic rings. The first-order valence-corrected chi connectivity index (χ1v) is 10.9. The molecule has 0 radical (unpaired) electrons. The summed E-state index contributed by atoms with van der Waals surface area (Å²) in [5.41, 5.74) is 1.64. The van der Waals surface area contributed by atoms with Crippen LogP contribution in [0.2, 0.25) is 0 Å². The normalized spacial score (nSPS) is 11.5. The molecule has 1 N–H and O–H groups in total. The van der Waals surface area contributed by atoms with Crippen LogP contribution < -0.4 is 10.3 Å². The van der Waals surface area contributed by atoms with Gasteiger partial charge in [0.2, 0.25) is 10.0 Å². The summed E-state index contributed by atoms with van der Waals surface area (Å²) in [4.78, 5) is 13.0. The van der Waals surface area contributed by atoms with E-state index in [1.807, 2.05) is 0 Å². The number of rotatable bonds is 5. The number of nitrogens with zero attached hydrogens (tertiary/aromatic N) is 2. The van der Waals surface area contributed by atoms with Crippen LogP contribution in [0.4, 0.5) is 10.1 Å². The minimum absolute atomic E-state index is 0.0478. The van der Waals surface area contributed by atoms with Crippen molar-refractivity contribution in [1.82, 2.24) is 9.78 Å². The van der Waals surface area contributed by atoms with Crippen LogP contribution in [0.15, 0.2) is 77.6 Å². The van der Waals surface area contributed by atoms with Gasteiger partial charge in [0.15, 0.2) is 0 Å². The van der Waals surface area contributed by atoms with Crippen LogP contribution in [0.1, 0.15) is 6.92 Å². The molecule has 0 aliphatic heterocycles. The Bertz CT molecular complexity index is 1400. The molecule has 6 nitrogen and oxygen atoms in total. The Morgan fingerprint density at radius 2 is 1.67 bits per heavy atom. The Kier molecular flexibility index (Phi) is 5.09. The Labute approximate surface area is 172 Å². The number of hydrogen-bond acceptors (Lipinski definition) is 4. The molecular formula is C22H18FN3O3S. The average Bonchev–Trinajstić information content (AvgIpc) is 2.75. The molecule has 0 spiro atoms. The average molecular weight is 423 g/mol. The molecular weight excluding hydrogens is 405 g/mol. The number of fused-ring (bicyclic) bond motifs is 1. The molecule has 3 aromatic carbocycles. The largest absolute Gasteiger partial charge is 0.284 e. The van der Waals surface area contributed by atoms with E-state index in [9.17, 15) is 17.6 Å². The summed E-state index contributed by atoms with van der Waals surface area (Å²) in [6, 6.07) is 19.4. The molecule has 0 fully saturated rings. The quantitative estimate of drug-likeness (QED) is 0.527. The molecule has 1 aromatic heterocycles. The van der Waals surface area contributed by atoms with Crippen molar-refractivity contribution in [2.45, 2.75) is 6.92 Å². The minimum atomic E-state index is -3.44. The highest BCUT2D eigenvalue weighted by molar-refractivity contribution is 7.92. The van der Waals surface area contributed by atoms with E-state index in [1.54, 1.807) is 55.5 Å². The molecule has 1 heterocycles. The third-order valence-electron chi connectivity index (χ3n) is 4.67. The second-order valence-electron chi connectivity index (χ2n) is 6.67. The molecule has 4 rings (SSSR count). The van der Waals surface area contributed by atoms with Crippen molar-refractivity contribution in [1.29, 1.82) is 0 Å². The first-order valence-electron chi connectivity index (χ1n) is 9.27. The lowest BCUT2D eigenvalue weighted by molar-refractivity contribution is 0.602.